The first kappa shape index (κ1) is 15.0. The number of nitrogens with one attached hydrogen (secondary N) is 1. The van der Waals surface area contributed by atoms with Crippen molar-refractivity contribution < 1.29 is 13.5 Å². The Labute approximate surface area is 122 Å². The highest BCUT2D eigenvalue weighted by Crippen LogP contribution is 2.14. The fraction of sp³-hybridized carbons (Fsp3) is 0.143. The average molecular weight is 303 g/mol. The Morgan fingerprint density at radius 3 is 2.86 bits per heavy atom. The minimum absolute atomic E-state index is 0.0180. The molecule has 0 radical (unpaired) electrons. The second-order valence-electron chi connectivity index (χ2n) is 4.14. The van der Waals surface area contributed by atoms with Crippen LogP contribution >= 0.6 is 0 Å². The van der Waals surface area contributed by atoms with Crippen LogP contribution in [0, 0.1) is 18.8 Å². The van der Waals surface area contributed by atoms with E-state index in [9.17, 15) is 8.42 Å². The molecular formula is C14H13N3O3S. The van der Waals surface area contributed by atoms with Gasteiger partial charge in [0.1, 0.15) is 17.3 Å². The third-order valence-corrected chi connectivity index (χ3v) is 3.78. The summed E-state index contributed by atoms with van der Waals surface area (Å²) >= 11 is 0. The monoisotopic (exact) mass is 303 g/mol. The van der Waals surface area contributed by atoms with Crippen LogP contribution in [0.15, 0.2) is 41.6 Å². The number of hydrogen-bond donors (Lipinski definition) is 2. The fourth-order valence-electron chi connectivity index (χ4n) is 1.57. The summed E-state index contributed by atoms with van der Waals surface area (Å²) in [6.07, 6.45) is 2.65. The Kier molecular flexibility index (Phi) is 4.52. The van der Waals surface area contributed by atoms with E-state index in [1.807, 2.05) is 0 Å². The van der Waals surface area contributed by atoms with Crippen molar-refractivity contribution >= 4 is 15.8 Å². The molecule has 0 saturated carbocycles. The molecule has 6 nitrogen and oxygen atoms in total. The second-order valence-corrected chi connectivity index (χ2v) is 5.82. The number of anilines is 1. The largest absolute Gasteiger partial charge is 0.384 e. The third-order valence-electron chi connectivity index (χ3n) is 2.46. The van der Waals surface area contributed by atoms with Gasteiger partial charge in [-0.15, -0.1) is 0 Å². The highest BCUT2D eigenvalue weighted by Gasteiger charge is 2.15. The number of aryl methyl sites for hydroxylation is 1. The van der Waals surface area contributed by atoms with Gasteiger partial charge in [0.25, 0.3) is 10.0 Å². The van der Waals surface area contributed by atoms with E-state index in [0.29, 0.717) is 11.3 Å². The highest BCUT2D eigenvalue weighted by atomic mass is 32.2. The summed E-state index contributed by atoms with van der Waals surface area (Å²) < 4.78 is 26.9. The normalized spacial score (nSPS) is 10.6. The number of aliphatic hydroxyl groups is 1. The molecule has 0 atom stereocenters. The summed E-state index contributed by atoms with van der Waals surface area (Å²) in [5, 5.41) is 8.64. The summed E-state index contributed by atoms with van der Waals surface area (Å²) in [5.41, 5.74) is 1.11. The predicted molar refractivity (Wildman–Crippen MR) is 78.0 cm³/mol. The Balaban J connectivity index is 2.31. The van der Waals surface area contributed by atoms with E-state index in [2.05, 4.69) is 26.5 Å². The number of pyridine rings is 2. The van der Waals surface area contributed by atoms with Gasteiger partial charge in [-0.3, -0.25) is 9.71 Å². The van der Waals surface area contributed by atoms with Crippen LogP contribution in [-0.2, 0) is 10.0 Å². The molecule has 0 aliphatic heterocycles. The SMILES string of the molecule is Cc1cccc(NS(=O)(=O)c2cncc(C#CCO)c2)n1. The first-order chi connectivity index (χ1) is 10.0. The lowest BCUT2D eigenvalue weighted by atomic mass is 10.3. The van der Waals surface area contributed by atoms with Crippen molar-refractivity contribution in [3.63, 3.8) is 0 Å². The minimum atomic E-state index is -3.78. The quantitative estimate of drug-likeness (QED) is 0.823. The van der Waals surface area contributed by atoms with E-state index >= 15 is 0 Å². The van der Waals surface area contributed by atoms with Crippen LogP contribution in [0.5, 0.6) is 0 Å². The molecule has 2 aromatic heterocycles. The Bertz CT molecular complexity index is 807. The van der Waals surface area contributed by atoms with E-state index in [-0.39, 0.29) is 17.3 Å². The molecule has 0 aromatic carbocycles. The smallest absolute Gasteiger partial charge is 0.264 e. The topological polar surface area (TPSA) is 92.2 Å². The Morgan fingerprint density at radius 1 is 1.33 bits per heavy atom. The first-order valence-electron chi connectivity index (χ1n) is 6.02. The van der Waals surface area contributed by atoms with Crippen molar-refractivity contribution in [2.24, 2.45) is 0 Å². The van der Waals surface area contributed by atoms with Gasteiger partial charge >= 0.3 is 0 Å². The molecule has 0 spiro atoms. The van der Waals surface area contributed by atoms with E-state index in [4.69, 9.17) is 5.11 Å². The molecule has 0 unspecified atom stereocenters. The highest BCUT2D eigenvalue weighted by molar-refractivity contribution is 7.92. The van der Waals surface area contributed by atoms with Crippen LogP contribution in [-0.4, -0.2) is 30.1 Å². The molecule has 0 aliphatic carbocycles. The molecule has 2 aromatic rings. The van der Waals surface area contributed by atoms with Gasteiger partial charge in [-0.1, -0.05) is 17.9 Å². The van der Waals surface area contributed by atoms with E-state index < -0.39 is 10.0 Å². The molecule has 0 amide bonds. The van der Waals surface area contributed by atoms with Crippen molar-refractivity contribution in [3.8, 4) is 11.8 Å². The van der Waals surface area contributed by atoms with Crippen LogP contribution in [0.4, 0.5) is 5.82 Å². The van der Waals surface area contributed by atoms with Gasteiger partial charge in [0.2, 0.25) is 0 Å². The molecule has 0 bridgehead atoms. The van der Waals surface area contributed by atoms with Gasteiger partial charge < -0.3 is 5.11 Å². The zero-order valence-electron chi connectivity index (χ0n) is 11.2. The minimum Gasteiger partial charge on any atom is -0.384 e. The third kappa shape index (κ3) is 4.02. The second kappa shape index (κ2) is 6.35. The summed E-state index contributed by atoms with van der Waals surface area (Å²) in [7, 11) is -3.78. The lowest BCUT2D eigenvalue weighted by Crippen LogP contribution is -2.14. The van der Waals surface area contributed by atoms with Crippen LogP contribution in [0.1, 0.15) is 11.3 Å². The van der Waals surface area contributed by atoms with Gasteiger partial charge in [0.15, 0.2) is 0 Å². The molecule has 0 fully saturated rings. The van der Waals surface area contributed by atoms with Gasteiger partial charge in [-0.25, -0.2) is 13.4 Å². The molecule has 7 heteroatoms. The first-order valence-corrected chi connectivity index (χ1v) is 7.51. The van der Waals surface area contributed by atoms with E-state index in [1.54, 1.807) is 25.1 Å². The zero-order valence-corrected chi connectivity index (χ0v) is 12.1. The Hall–Kier alpha value is -2.43. The van der Waals surface area contributed by atoms with Crippen LogP contribution in [0.2, 0.25) is 0 Å². The summed E-state index contributed by atoms with van der Waals surface area (Å²) in [4.78, 5) is 7.91. The van der Waals surface area contributed by atoms with Crippen LogP contribution in [0.25, 0.3) is 0 Å². The lowest BCUT2D eigenvalue weighted by Gasteiger charge is -2.07. The summed E-state index contributed by atoms with van der Waals surface area (Å²) in [6.45, 7) is 1.47. The van der Waals surface area contributed by atoms with Crippen molar-refractivity contribution in [1.82, 2.24) is 9.97 Å². The molecule has 21 heavy (non-hydrogen) atoms. The summed E-state index contributed by atoms with van der Waals surface area (Å²) in [5.74, 6) is 5.29. The number of hydrogen-bond acceptors (Lipinski definition) is 5. The summed E-state index contributed by atoms with van der Waals surface area (Å²) in [6, 6.07) is 6.42. The molecular weight excluding hydrogens is 290 g/mol. The average Bonchev–Trinajstić information content (AvgIpc) is 2.45. The maximum Gasteiger partial charge on any atom is 0.264 e. The van der Waals surface area contributed by atoms with Gasteiger partial charge in [-0.2, -0.15) is 0 Å². The number of rotatable bonds is 3. The molecule has 0 aliphatic rings. The molecule has 108 valence electrons. The molecule has 0 saturated heterocycles. The van der Waals surface area contributed by atoms with Gasteiger partial charge in [0.05, 0.1) is 0 Å². The number of aromatic nitrogens is 2. The van der Waals surface area contributed by atoms with Crippen LogP contribution < -0.4 is 4.72 Å². The van der Waals surface area contributed by atoms with Crippen molar-refractivity contribution in [2.75, 3.05) is 11.3 Å². The van der Waals surface area contributed by atoms with Crippen molar-refractivity contribution in [3.05, 3.63) is 47.9 Å². The van der Waals surface area contributed by atoms with Crippen LogP contribution in [0.3, 0.4) is 0 Å². The predicted octanol–water partition coefficient (Wildman–Crippen LogP) is 0.930. The molecule has 2 heterocycles. The van der Waals surface area contributed by atoms with E-state index in [0.717, 1.165) is 0 Å². The standard InChI is InChI=1S/C14H13N3O3S/c1-11-4-2-6-14(16-11)17-21(19,20)13-8-12(5-3-7-18)9-15-10-13/h2,4,6,8-10,18H,7H2,1H3,(H,16,17). The number of sulfonamides is 1. The van der Waals surface area contributed by atoms with Crippen molar-refractivity contribution in [1.29, 1.82) is 0 Å². The van der Waals surface area contributed by atoms with E-state index in [1.165, 1.54) is 18.5 Å². The molecule has 2 N–H and O–H groups in total. The maximum atomic E-state index is 12.3. The van der Waals surface area contributed by atoms with Gasteiger partial charge in [-0.05, 0) is 25.1 Å². The Morgan fingerprint density at radius 2 is 2.14 bits per heavy atom. The van der Waals surface area contributed by atoms with Gasteiger partial charge in [0, 0.05) is 23.7 Å². The zero-order chi connectivity index (χ0) is 15.3. The maximum absolute atomic E-state index is 12.3. The lowest BCUT2D eigenvalue weighted by molar-refractivity contribution is 0.350. The number of nitrogens with zero attached hydrogens (tertiary/aromatic N) is 2. The number of aliphatic hydroxyl groups excluding tert-OH is 1. The fourth-order valence-corrected chi connectivity index (χ4v) is 2.56. The van der Waals surface area contributed by atoms with Crippen molar-refractivity contribution in [2.45, 2.75) is 11.8 Å². The molecule has 2 rings (SSSR count).